The summed E-state index contributed by atoms with van der Waals surface area (Å²) in [6, 6.07) is 8.59. The molecule has 2 aromatic heterocycles. The number of hydrogen-bond acceptors (Lipinski definition) is 5. The Morgan fingerprint density at radius 3 is 2.68 bits per heavy atom. The summed E-state index contributed by atoms with van der Waals surface area (Å²) in [5.74, 6) is -0.387. The van der Waals surface area contributed by atoms with E-state index in [0.717, 1.165) is 47.9 Å². The van der Waals surface area contributed by atoms with Gasteiger partial charge in [-0.05, 0) is 55.1 Å². The number of aromatic hydroxyl groups is 1. The minimum atomic E-state index is -1.44. The summed E-state index contributed by atoms with van der Waals surface area (Å²) in [6.45, 7) is 4.82. The summed E-state index contributed by atoms with van der Waals surface area (Å²) in [4.78, 5) is 26.3. The average molecular weight is 422 g/mol. The van der Waals surface area contributed by atoms with Crippen LogP contribution in [0.25, 0.3) is 22.2 Å². The molecule has 1 aliphatic carbocycles. The smallest absolute Gasteiger partial charge is 0.345 e. The molecular formula is C23H26N4O4. The lowest BCUT2D eigenvalue weighted by molar-refractivity contribution is 0.0691. The summed E-state index contributed by atoms with van der Waals surface area (Å²) in [5.41, 5.74) is 2.45. The van der Waals surface area contributed by atoms with E-state index < -0.39 is 22.8 Å². The van der Waals surface area contributed by atoms with E-state index in [9.17, 15) is 19.8 Å². The number of piperidine rings is 1. The first kappa shape index (κ1) is 19.8. The Bertz CT molecular complexity index is 1250. The maximum Gasteiger partial charge on any atom is 0.345 e. The van der Waals surface area contributed by atoms with Crippen molar-refractivity contribution < 1.29 is 15.0 Å². The van der Waals surface area contributed by atoms with Crippen molar-refractivity contribution in [2.24, 2.45) is 18.9 Å². The van der Waals surface area contributed by atoms with Crippen LogP contribution in [-0.2, 0) is 20.0 Å². The summed E-state index contributed by atoms with van der Waals surface area (Å²) in [5, 5.41) is 27.8. The van der Waals surface area contributed by atoms with Crippen molar-refractivity contribution in [1.82, 2.24) is 20.2 Å². The molecule has 5 rings (SSSR count). The molecule has 8 heteroatoms. The maximum atomic E-state index is 12.3. The van der Waals surface area contributed by atoms with Gasteiger partial charge in [-0.25, -0.2) is 4.79 Å². The molecule has 0 spiro atoms. The number of nitrogens with zero attached hydrogens (tertiary/aromatic N) is 1. The van der Waals surface area contributed by atoms with Crippen molar-refractivity contribution in [2.75, 3.05) is 13.1 Å². The molecule has 8 nitrogen and oxygen atoms in total. The SMILES string of the molecule is CCc1c(-c2ccc3c(c2)cc(CN[C@@H]2[C@@H]4CNC[C@@H]42)n3C)[nH]c(=O)c(C(=O)O)c1O. The second-order valence-electron chi connectivity index (χ2n) is 8.55. The third-order valence-corrected chi connectivity index (χ3v) is 6.90. The number of carbonyl (C=O) groups is 1. The fraction of sp³-hybridized carbons (Fsp3) is 0.391. The lowest BCUT2D eigenvalue weighted by Crippen LogP contribution is -2.27. The number of aryl methyl sites for hydroxylation is 1. The normalized spacial score (nSPS) is 22.1. The van der Waals surface area contributed by atoms with Crippen LogP contribution in [0.15, 0.2) is 29.1 Å². The van der Waals surface area contributed by atoms with Gasteiger partial charge in [-0.2, -0.15) is 0 Å². The Labute approximate surface area is 178 Å². The Morgan fingerprint density at radius 2 is 2.00 bits per heavy atom. The molecule has 5 N–H and O–H groups in total. The van der Waals surface area contributed by atoms with Crippen LogP contribution < -0.4 is 16.2 Å². The number of rotatable bonds is 6. The number of benzene rings is 1. The second kappa shape index (κ2) is 7.25. The van der Waals surface area contributed by atoms with Gasteiger partial charge in [0.15, 0.2) is 5.56 Å². The van der Waals surface area contributed by atoms with Gasteiger partial charge in [0.1, 0.15) is 5.75 Å². The molecule has 1 aliphatic heterocycles. The lowest BCUT2D eigenvalue weighted by atomic mass is 9.99. The molecule has 0 unspecified atom stereocenters. The van der Waals surface area contributed by atoms with Crippen molar-refractivity contribution in [3.05, 3.63) is 51.4 Å². The van der Waals surface area contributed by atoms with Gasteiger partial charge in [0, 0.05) is 41.8 Å². The van der Waals surface area contributed by atoms with E-state index in [2.05, 4.69) is 26.3 Å². The Kier molecular flexibility index (Phi) is 4.64. The monoisotopic (exact) mass is 422 g/mol. The highest BCUT2D eigenvalue weighted by molar-refractivity contribution is 5.92. The van der Waals surface area contributed by atoms with Gasteiger partial charge in [-0.15, -0.1) is 0 Å². The Balaban J connectivity index is 1.49. The molecule has 31 heavy (non-hydrogen) atoms. The summed E-state index contributed by atoms with van der Waals surface area (Å²) >= 11 is 0. The van der Waals surface area contributed by atoms with Gasteiger partial charge < -0.3 is 30.4 Å². The molecular weight excluding hydrogens is 396 g/mol. The zero-order valence-corrected chi connectivity index (χ0v) is 17.5. The van der Waals surface area contributed by atoms with Gasteiger partial charge in [0.25, 0.3) is 5.56 Å². The number of fused-ring (bicyclic) bond motifs is 2. The number of pyridine rings is 1. The first-order chi connectivity index (χ1) is 14.9. The largest absolute Gasteiger partial charge is 0.506 e. The Hall–Kier alpha value is -3.10. The van der Waals surface area contributed by atoms with Crippen molar-refractivity contribution in [3.63, 3.8) is 0 Å². The molecule has 1 saturated carbocycles. The topological polar surface area (TPSA) is 119 Å². The number of H-pyrrole nitrogens is 1. The number of carboxylic acid groups (broad SMARTS) is 1. The average Bonchev–Trinajstić information content (AvgIpc) is 3.05. The maximum absolute atomic E-state index is 12.3. The number of carboxylic acids is 1. The summed E-state index contributed by atoms with van der Waals surface area (Å²) in [7, 11) is 2.04. The van der Waals surface area contributed by atoms with Crippen molar-refractivity contribution in [3.8, 4) is 17.0 Å². The Morgan fingerprint density at radius 1 is 1.26 bits per heavy atom. The molecule has 3 heterocycles. The number of aromatic nitrogens is 2. The van der Waals surface area contributed by atoms with E-state index in [1.807, 2.05) is 32.2 Å². The minimum Gasteiger partial charge on any atom is -0.506 e. The first-order valence-electron chi connectivity index (χ1n) is 10.6. The van der Waals surface area contributed by atoms with Gasteiger partial charge in [-0.3, -0.25) is 4.79 Å². The predicted molar refractivity (Wildman–Crippen MR) is 117 cm³/mol. The molecule has 0 bridgehead atoms. The highest BCUT2D eigenvalue weighted by Crippen LogP contribution is 2.41. The fourth-order valence-corrected chi connectivity index (χ4v) is 5.09. The standard InChI is InChI=1S/C23H26N4O4/c1-3-14-19(26-22(29)18(21(14)28)23(30)31)11-4-5-17-12(6-11)7-13(27(17)2)8-25-20-15-9-24-10-16(15)20/h4-7,15-16,20,24-25H,3,8-10H2,1-2H3,(H,30,31)(H2,26,28,29)/t15-,16+,20-. The highest BCUT2D eigenvalue weighted by atomic mass is 16.4. The van der Waals surface area contributed by atoms with Crippen LogP contribution in [0.5, 0.6) is 5.75 Å². The minimum absolute atomic E-state index is 0.388. The van der Waals surface area contributed by atoms with Crippen molar-refractivity contribution >= 4 is 16.9 Å². The quantitative estimate of drug-likeness (QED) is 0.413. The fourth-order valence-electron chi connectivity index (χ4n) is 5.09. The van der Waals surface area contributed by atoms with Crippen LogP contribution in [0.2, 0.25) is 0 Å². The van der Waals surface area contributed by atoms with E-state index in [-0.39, 0.29) is 0 Å². The van der Waals surface area contributed by atoms with E-state index in [1.54, 1.807) is 0 Å². The van der Waals surface area contributed by atoms with E-state index in [0.29, 0.717) is 23.7 Å². The number of nitrogens with one attached hydrogen (secondary N) is 3. The number of hydrogen-bond donors (Lipinski definition) is 5. The third kappa shape index (κ3) is 3.14. The molecule has 0 radical (unpaired) electrons. The van der Waals surface area contributed by atoms with Crippen LogP contribution in [0.4, 0.5) is 0 Å². The van der Waals surface area contributed by atoms with Crippen LogP contribution in [-0.4, -0.2) is 44.9 Å². The molecule has 3 aromatic rings. The molecule has 162 valence electrons. The van der Waals surface area contributed by atoms with Crippen molar-refractivity contribution in [1.29, 1.82) is 0 Å². The van der Waals surface area contributed by atoms with E-state index in [4.69, 9.17) is 0 Å². The van der Waals surface area contributed by atoms with Crippen molar-refractivity contribution in [2.45, 2.75) is 25.9 Å². The second-order valence-corrected chi connectivity index (χ2v) is 8.55. The third-order valence-electron chi connectivity index (χ3n) is 6.90. The lowest BCUT2D eigenvalue weighted by Gasteiger charge is -2.12. The van der Waals surface area contributed by atoms with E-state index in [1.165, 1.54) is 5.69 Å². The van der Waals surface area contributed by atoms with Crippen LogP contribution in [0, 0.1) is 11.8 Å². The first-order valence-corrected chi connectivity index (χ1v) is 10.6. The molecule has 3 atom stereocenters. The van der Waals surface area contributed by atoms with Crippen LogP contribution >= 0.6 is 0 Å². The van der Waals surface area contributed by atoms with Gasteiger partial charge >= 0.3 is 5.97 Å². The van der Waals surface area contributed by atoms with Crippen LogP contribution in [0.1, 0.15) is 28.5 Å². The van der Waals surface area contributed by atoms with Gasteiger partial charge in [0.2, 0.25) is 0 Å². The molecule has 1 aromatic carbocycles. The summed E-state index contributed by atoms with van der Waals surface area (Å²) < 4.78 is 2.16. The molecule has 2 aliphatic rings. The van der Waals surface area contributed by atoms with Gasteiger partial charge in [0.05, 0.1) is 5.69 Å². The molecule has 0 amide bonds. The van der Waals surface area contributed by atoms with E-state index >= 15 is 0 Å². The molecule has 1 saturated heterocycles. The van der Waals surface area contributed by atoms with Crippen LogP contribution in [0.3, 0.4) is 0 Å². The number of aromatic carboxylic acids is 1. The zero-order valence-electron chi connectivity index (χ0n) is 17.5. The summed E-state index contributed by atoms with van der Waals surface area (Å²) in [6.07, 6.45) is 0.388. The van der Waals surface area contributed by atoms with Gasteiger partial charge in [-0.1, -0.05) is 13.0 Å². The highest BCUT2D eigenvalue weighted by Gasteiger charge is 2.52. The molecule has 2 fully saturated rings. The number of aromatic amines is 1. The zero-order chi connectivity index (χ0) is 21.9. The predicted octanol–water partition coefficient (Wildman–Crippen LogP) is 1.81.